The Hall–Kier alpha value is -1.93. The van der Waals surface area contributed by atoms with Gasteiger partial charge in [-0.25, -0.2) is 0 Å². The second-order valence-corrected chi connectivity index (χ2v) is 5.52. The van der Waals surface area contributed by atoms with E-state index in [9.17, 15) is 22.8 Å². The van der Waals surface area contributed by atoms with E-state index >= 15 is 0 Å². The van der Waals surface area contributed by atoms with Gasteiger partial charge in [-0.15, -0.1) is 0 Å². The lowest BCUT2D eigenvalue weighted by molar-refractivity contribution is -0.208. The number of carbonyl (C=O) groups excluding carboxylic acids is 2. The van der Waals surface area contributed by atoms with Gasteiger partial charge in [-0.2, -0.15) is 13.2 Å². The number of amides is 2. The first-order chi connectivity index (χ1) is 10.7. The first-order valence-corrected chi connectivity index (χ1v) is 7.03. The Morgan fingerprint density at radius 2 is 1.91 bits per heavy atom. The lowest BCUT2D eigenvalue weighted by Crippen LogP contribution is -2.46. The summed E-state index contributed by atoms with van der Waals surface area (Å²) in [5, 5.41) is 9.09. The summed E-state index contributed by atoms with van der Waals surface area (Å²) in [6, 6.07) is 7.86. The van der Waals surface area contributed by atoms with Crippen LogP contribution in [0, 0.1) is 0 Å². The molecule has 8 heteroatoms. The predicted octanol–water partition coefficient (Wildman–Crippen LogP) is 1.17. The van der Waals surface area contributed by atoms with E-state index in [0.29, 0.717) is 0 Å². The monoisotopic (exact) mass is 330 g/mol. The number of likely N-dealkylation sites (N-methyl/N-ethyl adjacent to an activating group) is 1. The Morgan fingerprint density at radius 1 is 1.30 bits per heavy atom. The molecule has 1 aliphatic heterocycles. The van der Waals surface area contributed by atoms with Gasteiger partial charge in [-0.05, 0) is 12.6 Å². The number of aliphatic hydroxyl groups is 1. The standard InChI is InChI=1S/C15H17F3N2O3/c1-19(9-12(21)15(16,17)18)11-7-13(22)20(14(11)23)8-10-5-3-2-4-6-10/h2-6,11-12,21H,7-9H2,1H3/t11-,12-/m0/s1. The van der Waals surface area contributed by atoms with E-state index in [1.807, 2.05) is 0 Å². The highest BCUT2D eigenvalue weighted by molar-refractivity contribution is 6.05. The second-order valence-electron chi connectivity index (χ2n) is 5.52. The third kappa shape index (κ3) is 4.08. The number of carbonyl (C=O) groups is 2. The van der Waals surface area contributed by atoms with E-state index in [1.165, 1.54) is 7.05 Å². The van der Waals surface area contributed by atoms with Crippen molar-refractivity contribution in [2.75, 3.05) is 13.6 Å². The number of benzene rings is 1. The average molecular weight is 330 g/mol. The van der Waals surface area contributed by atoms with Crippen molar-refractivity contribution in [1.29, 1.82) is 0 Å². The fourth-order valence-electron chi connectivity index (χ4n) is 2.45. The van der Waals surface area contributed by atoms with E-state index in [4.69, 9.17) is 5.11 Å². The summed E-state index contributed by atoms with van der Waals surface area (Å²) in [6.07, 6.45) is -7.50. The van der Waals surface area contributed by atoms with E-state index in [-0.39, 0.29) is 13.0 Å². The number of likely N-dealkylation sites (tertiary alicyclic amines) is 1. The van der Waals surface area contributed by atoms with Crippen LogP contribution in [0.5, 0.6) is 0 Å². The maximum Gasteiger partial charge on any atom is 0.415 e. The number of hydrogen-bond donors (Lipinski definition) is 1. The molecule has 126 valence electrons. The summed E-state index contributed by atoms with van der Waals surface area (Å²) in [4.78, 5) is 26.4. The minimum Gasteiger partial charge on any atom is -0.382 e. The van der Waals surface area contributed by atoms with Gasteiger partial charge in [0.25, 0.3) is 0 Å². The summed E-state index contributed by atoms with van der Waals surface area (Å²) in [6.45, 7) is -0.670. The van der Waals surface area contributed by atoms with Crippen LogP contribution >= 0.6 is 0 Å². The molecule has 0 unspecified atom stereocenters. The van der Waals surface area contributed by atoms with E-state index in [0.717, 1.165) is 15.4 Å². The molecular weight excluding hydrogens is 313 g/mol. The molecule has 23 heavy (non-hydrogen) atoms. The van der Waals surface area contributed by atoms with Crippen LogP contribution in [0.25, 0.3) is 0 Å². The summed E-state index contributed by atoms with van der Waals surface area (Å²) >= 11 is 0. The van der Waals surface area contributed by atoms with Crippen LogP contribution in [0.15, 0.2) is 30.3 Å². The molecule has 2 atom stereocenters. The Bertz CT molecular complexity index is 577. The van der Waals surface area contributed by atoms with Crippen molar-refractivity contribution in [2.24, 2.45) is 0 Å². The van der Waals surface area contributed by atoms with Gasteiger partial charge in [0.1, 0.15) is 0 Å². The van der Waals surface area contributed by atoms with Crippen molar-refractivity contribution in [3.63, 3.8) is 0 Å². The molecule has 1 aromatic carbocycles. The van der Waals surface area contributed by atoms with Crippen LogP contribution < -0.4 is 0 Å². The Kier molecular flexibility index (Phi) is 5.06. The third-order valence-corrected chi connectivity index (χ3v) is 3.77. The van der Waals surface area contributed by atoms with Crippen LogP contribution in [0.4, 0.5) is 13.2 Å². The highest BCUT2D eigenvalue weighted by Gasteiger charge is 2.44. The van der Waals surface area contributed by atoms with Gasteiger partial charge in [-0.1, -0.05) is 30.3 Å². The van der Waals surface area contributed by atoms with Crippen LogP contribution in [0.3, 0.4) is 0 Å². The largest absolute Gasteiger partial charge is 0.415 e. The third-order valence-electron chi connectivity index (χ3n) is 3.77. The summed E-state index contributed by atoms with van der Waals surface area (Å²) in [7, 11) is 1.29. The normalized spacial score (nSPS) is 20.4. The zero-order chi connectivity index (χ0) is 17.2. The highest BCUT2D eigenvalue weighted by atomic mass is 19.4. The Labute approximate surface area is 131 Å². The summed E-state index contributed by atoms with van der Waals surface area (Å²) < 4.78 is 37.2. The Morgan fingerprint density at radius 3 is 2.48 bits per heavy atom. The van der Waals surface area contributed by atoms with Crippen molar-refractivity contribution in [3.8, 4) is 0 Å². The van der Waals surface area contributed by atoms with Gasteiger partial charge < -0.3 is 5.11 Å². The van der Waals surface area contributed by atoms with Gasteiger partial charge in [0, 0.05) is 6.54 Å². The predicted molar refractivity (Wildman–Crippen MR) is 75.1 cm³/mol. The van der Waals surface area contributed by atoms with E-state index in [1.54, 1.807) is 30.3 Å². The first kappa shape index (κ1) is 17.4. The maximum atomic E-state index is 12.4. The SMILES string of the molecule is CN(C[C@H](O)C(F)(F)F)[C@H]1CC(=O)N(Cc2ccccc2)C1=O. The molecule has 1 saturated heterocycles. The highest BCUT2D eigenvalue weighted by Crippen LogP contribution is 2.24. The van der Waals surface area contributed by atoms with Gasteiger partial charge in [0.2, 0.25) is 11.8 Å². The smallest absolute Gasteiger partial charge is 0.382 e. The maximum absolute atomic E-state index is 12.4. The quantitative estimate of drug-likeness (QED) is 0.824. The molecule has 1 heterocycles. The van der Waals surface area contributed by atoms with Crippen LogP contribution in [0.2, 0.25) is 0 Å². The minimum absolute atomic E-state index is 0.0880. The van der Waals surface area contributed by atoms with Crippen molar-refractivity contribution in [1.82, 2.24) is 9.80 Å². The fraction of sp³-hybridized carbons (Fsp3) is 0.467. The van der Waals surface area contributed by atoms with Gasteiger partial charge in [0.15, 0.2) is 6.10 Å². The molecule has 0 bridgehead atoms. The van der Waals surface area contributed by atoms with Crippen LogP contribution in [-0.2, 0) is 16.1 Å². The molecule has 0 aromatic heterocycles. The molecule has 2 rings (SSSR count). The lowest BCUT2D eigenvalue weighted by Gasteiger charge is -2.26. The van der Waals surface area contributed by atoms with Crippen molar-refractivity contribution < 1.29 is 27.9 Å². The molecule has 1 aromatic rings. The molecule has 2 amide bonds. The summed E-state index contributed by atoms with van der Waals surface area (Å²) in [5.74, 6) is -0.979. The molecule has 5 nitrogen and oxygen atoms in total. The topological polar surface area (TPSA) is 60.9 Å². The fourth-order valence-corrected chi connectivity index (χ4v) is 2.45. The molecular formula is C15H17F3N2O3. The van der Waals surface area contributed by atoms with Crippen LogP contribution in [-0.4, -0.2) is 58.6 Å². The van der Waals surface area contributed by atoms with Crippen molar-refractivity contribution in [2.45, 2.75) is 31.3 Å². The molecule has 0 saturated carbocycles. The molecule has 0 radical (unpaired) electrons. The number of alkyl halides is 3. The number of nitrogens with zero attached hydrogens (tertiary/aromatic N) is 2. The molecule has 0 aliphatic carbocycles. The van der Waals surface area contributed by atoms with E-state index < -0.39 is 36.7 Å². The zero-order valence-corrected chi connectivity index (χ0v) is 12.5. The first-order valence-electron chi connectivity index (χ1n) is 7.03. The van der Waals surface area contributed by atoms with Gasteiger partial charge >= 0.3 is 6.18 Å². The number of imide groups is 1. The van der Waals surface area contributed by atoms with Gasteiger partial charge in [0.05, 0.1) is 19.0 Å². The van der Waals surface area contributed by atoms with Crippen molar-refractivity contribution in [3.05, 3.63) is 35.9 Å². The average Bonchev–Trinajstić information content (AvgIpc) is 2.75. The minimum atomic E-state index is -4.76. The molecule has 1 aliphatic rings. The lowest BCUT2D eigenvalue weighted by atomic mass is 10.2. The molecule has 1 fully saturated rings. The number of rotatable bonds is 5. The zero-order valence-electron chi connectivity index (χ0n) is 12.5. The van der Waals surface area contributed by atoms with Crippen molar-refractivity contribution >= 4 is 11.8 Å². The number of halogens is 3. The summed E-state index contributed by atoms with van der Waals surface area (Å²) in [5.41, 5.74) is 0.757. The number of hydrogen-bond acceptors (Lipinski definition) is 4. The Balaban J connectivity index is 2.03. The van der Waals surface area contributed by atoms with Crippen LogP contribution in [0.1, 0.15) is 12.0 Å². The van der Waals surface area contributed by atoms with Gasteiger partial charge in [-0.3, -0.25) is 19.4 Å². The van der Waals surface area contributed by atoms with E-state index in [2.05, 4.69) is 0 Å². The number of aliphatic hydroxyl groups excluding tert-OH is 1. The molecule has 0 spiro atoms. The molecule has 1 N–H and O–H groups in total. The second kappa shape index (κ2) is 6.67.